The number of aliphatic hydroxyl groups excluding tert-OH is 1. The lowest BCUT2D eigenvalue weighted by Gasteiger charge is -2.30. The number of nitrogen functional groups attached to an aromatic ring is 1. The van der Waals surface area contributed by atoms with Crippen LogP contribution in [-0.4, -0.2) is 62.3 Å². The number of carbonyl (C=O) groups is 1. The Morgan fingerprint density at radius 1 is 1.30 bits per heavy atom. The standard InChI is InChI=1S/C29H38FN6O7P/c1-6-19(7-2)15-40-26(38)27(3,4)35-44(39,43-20-11-9-8-10-12-20)41-16-22-24(37)28(5,30)29(17-31,42-22)23-14-13-21-25(32)33-18-34-36(21)23/h8-14,18-19,22,24,37H,6-7,15-16H2,1-5H3,(H,35,39)(H2,32,33,34). The molecule has 4 rings (SSSR count). The quantitative estimate of drug-likeness (QED) is 0.182. The van der Waals surface area contributed by atoms with E-state index >= 15 is 4.39 Å². The van der Waals surface area contributed by atoms with Crippen LogP contribution in [-0.2, 0) is 29.0 Å². The monoisotopic (exact) mass is 632 g/mol. The first kappa shape index (κ1) is 33.3. The molecule has 2 aromatic heterocycles. The number of nitriles is 1. The molecule has 0 bridgehead atoms. The summed E-state index contributed by atoms with van der Waals surface area (Å²) in [6.07, 6.45) is -0.656. The highest BCUT2D eigenvalue weighted by Gasteiger charge is 2.67. The van der Waals surface area contributed by atoms with Crippen LogP contribution in [0.25, 0.3) is 5.52 Å². The lowest BCUT2D eigenvalue weighted by molar-refractivity contribution is -0.151. The molecule has 1 saturated heterocycles. The molecule has 0 amide bonds. The number of benzene rings is 1. The fraction of sp³-hybridized carbons (Fsp3) is 0.517. The number of hydrogen-bond donors (Lipinski definition) is 3. The fourth-order valence-corrected chi connectivity index (χ4v) is 6.65. The second-order valence-corrected chi connectivity index (χ2v) is 13.0. The Balaban J connectivity index is 1.60. The number of fused-ring (bicyclic) bond motifs is 1. The van der Waals surface area contributed by atoms with E-state index in [4.69, 9.17) is 24.3 Å². The summed E-state index contributed by atoms with van der Waals surface area (Å²) in [6.45, 7) is 7.40. The number of ether oxygens (including phenoxy) is 2. The van der Waals surface area contributed by atoms with E-state index in [2.05, 4.69) is 15.2 Å². The Morgan fingerprint density at radius 2 is 1.98 bits per heavy atom. The van der Waals surface area contributed by atoms with E-state index in [1.165, 1.54) is 42.6 Å². The summed E-state index contributed by atoms with van der Waals surface area (Å²) < 4.78 is 54.6. The van der Waals surface area contributed by atoms with Gasteiger partial charge in [0.25, 0.3) is 0 Å². The minimum atomic E-state index is -4.44. The number of halogens is 1. The number of nitrogens with one attached hydrogen (secondary N) is 1. The smallest absolute Gasteiger partial charge is 0.459 e. The minimum Gasteiger partial charge on any atom is -0.464 e. The lowest BCUT2D eigenvalue weighted by atomic mass is 9.82. The topological polar surface area (TPSA) is 183 Å². The van der Waals surface area contributed by atoms with Crippen LogP contribution in [0.2, 0.25) is 0 Å². The molecule has 3 heterocycles. The fourth-order valence-electron chi connectivity index (χ4n) is 4.97. The molecule has 3 aromatic rings. The summed E-state index contributed by atoms with van der Waals surface area (Å²) in [5, 5.41) is 28.0. The Bertz CT molecular complexity index is 1560. The molecule has 0 saturated carbocycles. The number of alkyl halides is 1. The summed E-state index contributed by atoms with van der Waals surface area (Å²) >= 11 is 0. The highest BCUT2D eigenvalue weighted by Crippen LogP contribution is 2.52. The predicted octanol–water partition coefficient (Wildman–Crippen LogP) is 4.07. The van der Waals surface area contributed by atoms with E-state index in [0.29, 0.717) is 5.52 Å². The van der Waals surface area contributed by atoms with Crippen molar-refractivity contribution in [2.75, 3.05) is 18.9 Å². The van der Waals surface area contributed by atoms with Crippen LogP contribution in [0.1, 0.15) is 53.2 Å². The summed E-state index contributed by atoms with van der Waals surface area (Å²) in [6, 6.07) is 12.8. The maximum absolute atomic E-state index is 16.4. The van der Waals surface area contributed by atoms with E-state index in [0.717, 1.165) is 26.1 Å². The Morgan fingerprint density at radius 3 is 2.61 bits per heavy atom. The number of aliphatic hydroxyl groups is 1. The van der Waals surface area contributed by atoms with Crippen molar-refractivity contribution >= 4 is 25.1 Å². The normalized spacial score (nSPS) is 25.1. The Hall–Kier alpha value is -3.60. The van der Waals surface area contributed by atoms with Crippen molar-refractivity contribution in [3.8, 4) is 11.8 Å². The maximum atomic E-state index is 16.4. The van der Waals surface area contributed by atoms with E-state index in [9.17, 15) is 19.7 Å². The van der Waals surface area contributed by atoms with Crippen LogP contribution < -0.4 is 15.3 Å². The Labute approximate surface area is 255 Å². The molecule has 1 aliphatic heterocycles. The number of nitrogens with two attached hydrogens (primary N) is 1. The Kier molecular flexibility index (Phi) is 9.68. The zero-order chi connectivity index (χ0) is 32.3. The van der Waals surface area contributed by atoms with Crippen molar-refractivity contribution in [1.29, 1.82) is 5.26 Å². The average Bonchev–Trinajstić information content (AvgIpc) is 3.50. The third-order valence-corrected chi connectivity index (χ3v) is 9.61. The first-order valence-electron chi connectivity index (χ1n) is 14.2. The zero-order valence-electron chi connectivity index (χ0n) is 25.3. The van der Waals surface area contributed by atoms with Gasteiger partial charge in [-0.25, -0.2) is 18.5 Å². The summed E-state index contributed by atoms with van der Waals surface area (Å²) in [4.78, 5) is 16.9. The summed E-state index contributed by atoms with van der Waals surface area (Å²) in [5.74, 6) is -0.292. The van der Waals surface area contributed by atoms with Crippen LogP contribution in [0.5, 0.6) is 5.75 Å². The van der Waals surface area contributed by atoms with Gasteiger partial charge in [-0.3, -0.25) is 9.32 Å². The van der Waals surface area contributed by atoms with E-state index in [-0.39, 0.29) is 29.8 Å². The van der Waals surface area contributed by atoms with Gasteiger partial charge in [0.1, 0.15) is 41.4 Å². The number of hydrogen-bond acceptors (Lipinski definition) is 11. The van der Waals surface area contributed by atoms with Crippen LogP contribution in [0.3, 0.4) is 0 Å². The molecule has 1 aromatic carbocycles. The van der Waals surface area contributed by atoms with Crippen molar-refractivity contribution in [2.24, 2.45) is 5.92 Å². The first-order valence-corrected chi connectivity index (χ1v) is 15.8. The molecule has 15 heteroatoms. The lowest BCUT2D eigenvalue weighted by Crippen LogP contribution is -2.49. The molecule has 0 spiro atoms. The van der Waals surface area contributed by atoms with Gasteiger partial charge < -0.3 is 24.8 Å². The van der Waals surface area contributed by atoms with Gasteiger partial charge in [0.05, 0.1) is 18.9 Å². The first-order chi connectivity index (χ1) is 20.7. The van der Waals surface area contributed by atoms with E-state index in [1.807, 2.05) is 19.9 Å². The van der Waals surface area contributed by atoms with Crippen LogP contribution >= 0.6 is 7.75 Å². The number of anilines is 1. The second-order valence-electron chi connectivity index (χ2n) is 11.3. The maximum Gasteiger partial charge on any atom is 0.459 e. The molecule has 4 N–H and O–H groups in total. The highest BCUT2D eigenvalue weighted by atomic mass is 31.2. The molecule has 1 fully saturated rings. The molecular weight excluding hydrogens is 594 g/mol. The van der Waals surface area contributed by atoms with Crippen molar-refractivity contribution in [3.63, 3.8) is 0 Å². The SMILES string of the molecule is CCC(CC)COC(=O)C(C)(C)NP(=O)(OCC1OC(C#N)(c2ccc3c(N)ncnn23)C(C)(F)C1O)Oc1ccccc1. The molecule has 0 radical (unpaired) electrons. The third-order valence-electron chi connectivity index (χ3n) is 7.83. The van der Waals surface area contributed by atoms with Gasteiger partial charge in [-0.05, 0) is 51.0 Å². The van der Waals surface area contributed by atoms with E-state index < -0.39 is 49.3 Å². The molecule has 1 aliphatic rings. The van der Waals surface area contributed by atoms with Gasteiger partial charge in [-0.2, -0.15) is 15.4 Å². The zero-order valence-corrected chi connectivity index (χ0v) is 26.2. The van der Waals surface area contributed by atoms with Crippen LogP contribution in [0.15, 0.2) is 48.8 Å². The predicted molar refractivity (Wildman–Crippen MR) is 158 cm³/mol. The second kappa shape index (κ2) is 12.8. The largest absolute Gasteiger partial charge is 0.464 e. The summed E-state index contributed by atoms with van der Waals surface area (Å²) in [7, 11) is -4.44. The van der Waals surface area contributed by atoms with Gasteiger partial charge in [-0.15, -0.1) is 0 Å². The molecule has 5 atom stereocenters. The molecule has 44 heavy (non-hydrogen) atoms. The molecule has 0 aliphatic carbocycles. The van der Waals surface area contributed by atoms with Crippen LogP contribution in [0, 0.1) is 17.2 Å². The number of esters is 1. The van der Waals surface area contributed by atoms with Crippen molar-refractivity contribution < 1.29 is 37.4 Å². The number of nitrogens with zero attached hydrogens (tertiary/aromatic N) is 4. The average molecular weight is 633 g/mol. The van der Waals surface area contributed by atoms with Gasteiger partial charge in [0.2, 0.25) is 5.60 Å². The number of rotatable bonds is 13. The third kappa shape index (κ3) is 6.29. The van der Waals surface area contributed by atoms with Gasteiger partial charge >= 0.3 is 13.7 Å². The van der Waals surface area contributed by atoms with E-state index in [1.54, 1.807) is 18.2 Å². The minimum absolute atomic E-state index is 0.0427. The van der Waals surface area contributed by atoms with Crippen LogP contribution in [0.4, 0.5) is 10.2 Å². The highest BCUT2D eigenvalue weighted by molar-refractivity contribution is 7.52. The van der Waals surface area contributed by atoms with Gasteiger partial charge in [0, 0.05) is 0 Å². The number of carbonyl (C=O) groups excluding carboxylic acids is 1. The number of aromatic nitrogens is 3. The van der Waals surface area contributed by atoms with Gasteiger partial charge in [-0.1, -0.05) is 44.9 Å². The molecule has 5 unspecified atom stereocenters. The van der Waals surface area contributed by atoms with Crippen molar-refractivity contribution in [3.05, 3.63) is 54.5 Å². The number of para-hydroxylation sites is 1. The van der Waals surface area contributed by atoms with Crippen molar-refractivity contribution in [2.45, 2.75) is 76.5 Å². The molecular formula is C29H38FN6O7P. The van der Waals surface area contributed by atoms with Crippen molar-refractivity contribution in [1.82, 2.24) is 19.7 Å². The van der Waals surface area contributed by atoms with Gasteiger partial charge in [0.15, 0.2) is 11.5 Å². The summed E-state index contributed by atoms with van der Waals surface area (Å²) in [5.41, 5.74) is -0.454. The molecule has 238 valence electrons. The molecule has 13 nitrogen and oxygen atoms in total.